The van der Waals surface area contributed by atoms with E-state index in [2.05, 4.69) is 170 Å². The average molecular weight is 1970 g/mol. The van der Waals surface area contributed by atoms with Gasteiger partial charge in [0, 0.05) is 37.5 Å². The molecule has 4 atom stereocenters. The number of amides is 4. The van der Waals surface area contributed by atoms with Gasteiger partial charge in [0.1, 0.15) is 8.07 Å². The zero-order valence-corrected chi connectivity index (χ0v) is 87.8. The molecule has 0 saturated heterocycles. The van der Waals surface area contributed by atoms with E-state index < -0.39 is 34.5 Å². The van der Waals surface area contributed by atoms with E-state index in [1.165, 1.54) is 338 Å². The molecule has 0 N–H and O–H groups in total. The Bertz CT molecular complexity index is 3870. The molecule has 6 aromatic heterocycles. The van der Waals surface area contributed by atoms with Crippen molar-refractivity contribution in [2.45, 2.75) is 431 Å². The second-order valence-corrected chi connectivity index (χ2v) is 69.7. The van der Waals surface area contributed by atoms with Crippen LogP contribution in [0, 0.1) is 32.6 Å². The van der Waals surface area contributed by atoms with Gasteiger partial charge in [0.25, 0.3) is 23.6 Å². The zero-order valence-electron chi connectivity index (χ0n) is 74.9. The van der Waals surface area contributed by atoms with E-state index in [4.69, 9.17) is 0 Å². The Morgan fingerprint density at radius 3 is 0.991 bits per heavy atom. The number of rotatable bonds is 58. The van der Waals surface area contributed by atoms with Gasteiger partial charge in [-0.05, 0) is 99.1 Å². The van der Waals surface area contributed by atoms with Crippen LogP contribution in [-0.4, -0.2) is 81.0 Å². The summed E-state index contributed by atoms with van der Waals surface area (Å²) in [6.45, 7) is 26.6. The fourth-order valence-electron chi connectivity index (χ4n) is 19.1. The number of aryl methyl sites for hydroxylation is 3. The van der Waals surface area contributed by atoms with Crippen molar-refractivity contribution in [3.63, 3.8) is 0 Å². The van der Waals surface area contributed by atoms with Crippen molar-refractivity contribution < 1.29 is 19.2 Å². The molecule has 116 heavy (non-hydrogen) atoms. The topological polar surface area (TPSA) is 74.8 Å². The number of nitrogens with zero attached hydrogens (tertiary/aromatic N) is 2. The Kier molecular flexibility index (Phi) is 46.7. The van der Waals surface area contributed by atoms with Crippen LogP contribution in [0.15, 0.2) is 31.8 Å². The number of unbranched alkanes of at least 4 members (excludes halogenated alkanes) is 38. The first-order valence-corrected chi connectivity index (χ1v) is 68.8. The molecule has 652 valence electrons. The summed E-state index contributed by atoms with van der Waals surface area (Å²) in [5, 5.41) is 7.15. The van der Waals surface area contributed by atoms with Gasteiger partial charge in [0.05, 0.1) is 34.7 Å². The summed E-state index contributed by atoms with van der Waals surface area (Å²) in [6.07, 6.45) is 63.8. The third-order valence-corrected chi connectivity index (χ3v) is 55.4. The number of hydrogen-bond donors (Lipinski definition) is 0. The number of fused-ring (bicyclic) bond motifs is 8. The quantitative estimate of drug-likeness (QED) is 0.0217. The SMILES string of the molecule is C.CCCCCCCCCCCCCCCCN1C(=O)c2c(Br)sc(Br)c2C1=O.CCCCCCCCCCCCCCCCN1C(=O)c2c(C)sc(-c3cc4c(s3)-c3sc(C)cc3[Si]4(CCCCCCCC)CC(CC)CCCC)c2C1=O.CCCCCCCC[Si]1(CC(CC)CCCC)c2cc(C)sc2-c2s[c]([Sn]([CH3])([CH3])[CH3])cc21. The van der Waals surface area contributed by atoms with Gasteiger partial charge in [-0.1, -0.05) is 273 Å². The molecule has 17 heteroatoms. The molecule has 0 saturated carbocycles. The van der Waals surface area contributed by atoms with Gasteiger partial charge in [-0.25, -0.2) is 0 Å². The molecule has 0 radical (unpaired) electrons. The number of carbonyl (C=O) groups is 4. The second-order valence-electron chi connectivity index (χ2n) is 36.5. The maximum atomic E-state index is 14.1. The summed E-state index contributed by atoms with van der Waals surface area (Å²) in [5.74, 6) is 1.29. The number of imide groups is 2. The minimum absolute atomic E-state index is 0. The van der Waals surface area contributed by atoms with E-state index in [0.29, 0.717) is 35.3 Å². The molecule has 6 aromatic rings. The van der Waals surface area contributed by atoms with E-state index in [0.717, 1.165) is 54.8 Å². The Morgan fingerprint density at radius 2 is 0.638 bits per heavy atom. The summed E-state index contributed by atoms with van der Waals surface area (Å²) in [4.78, 5) is 76.5. The van der Waals surface area contributed by atoms with Crippen molar-refractivity contribution >= 4 is 182 Å². The molecule has 0 bridgehead atoms. The summed E-state index contributed by atoms with van der Waals surface area (Å²) in [6, 6.07) is 16.3. The third kappa shape index (κ3) is 27.8. The molecule has 4 amide bonds. The molecule has 6 nitrogen and oxygen atoms in total. The number of hydrogen-bond acceptors (Lipinski definition) is 10. The van der Waals surface area contributed by atoms with E-state index in [9.17, 15) is 19.2 Å². The first kappa shape index (κ1) is 102. The monoisotopic (exact) mass is 1970 g/mol. The molecule has 0 fully saturated rings. The van der Waals surface area contributed by atoms with Gasteiger partial charge in [-0.2, -0.15) is 0 Å². The fraction of sp³-hybridized carbons (Fsp3) is 0.717. The van der Waals surface area contributed by atoms with Gasteiger partial charge in [-0.15, -0.1) is 45.3 Å². The Hall–Kier alpha value is -1.33. The van der Waals surface area contributed by atoms with Gasteiger partial charge in [-0.3, -0.25) is 29.0 Å². The molecular formula is C99H160Br2N2O4S6Si2Sn. The van der Waals surface area contributed by atoms with Crippen molar-refractivity contribution in [2.24, 2.45) is 11.8 Å². The number of carbonyl (C=O) groups excluding carboxylic acids is 4. The molecular weight excluding hydrogens is 1810 g/mol. The third-order valence-electron chi connectivity index (χ3n) is 26.1. The van der Waals surface area contributed by atoms with Crippen LogP contribution in [0.3, 0.4) is 0 Å². The van der Waals surface area contributed by atoms with Crippen LogP contribution in [-0.2, 0) is 0 Å². The number of thiophene rings is 6. The van der Waals surface area contributed by atoms with Crippen LogP contribution in [0.1, 0.15) is 427 Å². The minimum atomic E-state index is -2.07. The second kappa shape index (κ2) is 53.2. The van der Waals surface area contributed by atoms with Crippen molar-refractivity contribution in [2.75, 3.05) is 13.1 Å². The predicted molar refractivity (Wildman–Crippen MR) is 536 cm³/mol. The van der Waals surface area contributed by atoms with E-state index in [1.54, 1.807) is 46.1 Å². The van der Waals surface area contributed by atoms with Gasteiger partial charge >= 0.3 is 214 Å². The van der Waals surface area contributed by atoms with Crippen molar-refractivity contribution in [3.8, 4) is 29.3 Å². The molecule has 0 spiro atoms. The van der Waals surface area contributed by atoms with Crippen LogP contribution in [0.25, 0.3) is 29.3 Å². The van der Waals surface area contributed by atoms with Crippen molar-refractivity contribution in [1.82, 2.24) is 9.80 Å². The van der Waals surface area contributed by atoms with Crippen LogP contribution in [0.2, 0.25) is 39.0 Å². The first-order chi connectivity index (χ1) is 55.6. The molecule has 0 aliphatic carbocycles. The van der Waals surface area contributed by atoms with Gasteiger partial charge < -0.3 is 0 Å². The van der Waals surface area contributed by atoms with E-state index in [1.807, 2.05) is 35.9 Å². The van der Waals surface area contributed by atoms with E-state index in [-0.39, 0.29) is 31.1 Å². The Balaban J connectivity index is 0.000000259. The predicted octanol–water partition coefficient (Wildman–Crippen LogP) is 33.1. The molecule has 10 heterocycles. The Morgan fingerprint density at radius 1 is 0.336 bits per heavy atom. The normalized spacial score (nSPS) is 16.4. The standard InChI is InChI=1S/C48H75NO2S3Si.C25H39S2Si.C22H33Br2NO2S.CH4.3CH3.Sn/c1-7-11-14-16-18-19-20-21-22-23-24-25-26-28-31-49-47(50)42-37(6)53-44(43(42)48(49)51)39-34-41-46(54-39)45-40(33-36(5)52-45)55(41,32-29-27-17-15-12-8-2)35-38(10-4)30-13-9-3;1-5-8-10-11-12-13-17-28(19-21(7-3)14-9-6-2)22-15-16-26-24(22)25-23(28)18-20(4)27-25;1-2-3-4-5-6-7-8-9-10-11-12-13-14-15-16-25-21(26)17-18(22(25)27)20(24)28-19(17)23;;;;;/h33-34,38H,7-32,35H2,1-6H3;15,18,21H,5-14,17,19H2,1-4H3;2-16H2,1H3;1H4;3*1H3;. The van der Waals surface area contributed by atoms with Gasteiger partial charge in [0.15, 0.2) is 0 Å². The van der Waals surface area contributed by atoms with Crippen molar-refractivity contribution in [1.29, 1.82) is 0 Å². The Labute approximate surface area is 756 Å². The molecule has 4 aliphatic heterocycles. The fourth-order valence-corrected chi connectivity index (χ4v) is 48.8. The molecule has 0 aromatic carbocycles. The van der Waals surface area contributed by atoms with Crippen LogP contribution in [0.4, 0.5) is 0 Å². The molecule has 4 unspecified atom stereocenters. The summed E-state index contributed by atoms with van der Waals surface area (Å²) in [5.41, 5.74) is 2.47. The number of halogens is 2. The zero-order chi connectivity index (χ0) is 82.9. The molecule has 4 aliphatic rings. The van der Waals surface area contributed by atoms with Crippen molar-refractivity contribution in [3.05, 3.63) is 68.7 Å². The first-order valence-electron chi connectivity index (χ1n) is 47.5. The maximum absolute atomic E-state index is 14.1. The van der Waals surface area contributed by atoms with E-state index >= 15 is 0 Å². The summed E-state index contributed by atoms with van der Waals surface area (Å²) < 4.78 is 3.31. The van der Waals surface area contributed by atoms with Gasteiger partial charge in [0.2, 0.25) is 0 Å². The summed E-state index contributed by atoms with van der Waals surface area (Å²) >= 11 is 16.1. The van der Waals surface area contributed by atoms with Crippen LogP contribution in [0.5, 0.6) is 0 Å². The molecule has 10 rings (SSSR count). The van der Waals surface area contributed by atoms with Crippen LogP contribution < -0.4 is 23.6 Å². The van der Waals surface area contributed by atoms with Crippen LogP contribution >= 0.6 is 99.9 Å². The average Bonchev–Trinajstić information content (AvgIpc) is 1.55. The summed E-state index contributed by atoms with van der Waals surface area (Å²) in [7, 11) is -3.67.